The minimum absolute atomic E-state index is 0.0798. The van der Waals surface area contributed by atoms with Crippen LogP contribution >= 0.6 is 15.9 Å². The molecule has 0 fully saturated rings. The minimum atomic E-state index is -0.0798. The number of anilines is 1. The fourth-order valence-corrected chi connectivity index (χ4v) is 3.18. The van der Waals surface area contributed by atoms with E-state index in [0.29, 0.717) is 6.42 Å². The molecule has 1 N–H and O–H groups in total. The Labute approximate surface area is 163 Å². The SMILES string of the molecule is CCc1ccc(C(=O)C[C@@H](Nc2ccccc2)c2ccc(Br)cc2)cc1. The molecular formula is C23H22BrNO. The van der Waals surface area contributed by atoms with Gasteiger partial charge in [-0.25, -0.2) is 0 Å². The van der Waals surface area contributed by atoms with Gasteiger partial charge in [0, 0.05) is 22.1 Å². The highest BCUT2D eigenvalue weighted by atomic mass is 79.9. The second-order valence-electron chi connectivity index (χ2n) is 6.29. The van der Waals surface area contributed by atoms with Crippen LogP contribution in [-0.2, 0) is 6.42 Å². The van der Waals surface area contributed by atoms with Gasteiger partial charge in [-0.1, -0.05) is 77.5 Å². The summed E-state index contributed by atoms with van der Waals surface area (Å²) in [6.45, 7) is 2.12. The van der Waals surface area contributed by atoms with E-state index in [4.69, 9.17) is 0 Å². The molecule has 0 aliphatic heterocycles. The Morgan fingerprint density at radius 2 is 1.58 bits per heavy atom. The van der Waals surface area contributed by atoms with Gasteiger partial charge < -0.3 is 5.32 Å². The molecule has 0 spiro atoms. The second kappa shape index (κ2) is 8.81. The first-order valence-corrected chi connectivity index (χ1v) is 9.64. The molecule has 0 radical (unpaired) electrons. The summed E-state index contributed by atoms with van der Waals surface area (Å²) in [4.78, 5) is 12.8. The molecule has 2 nitrogen and oxygen atoms in total. The minimum Gasteiger partial charge on any atom is -0.378 e. The third-order valence-corrected chi connectivity index (χ3v) is 4.99. The van der Waals surface area contributed by atoms with Gasteiger partial charge in [0.2, 0.25) is 0 Å². The molecule has 0 saturated heterocycles. The molecule has 26 heavy (non-hydrogen) atoms. The highest BCUT2D eigenvalue weighted by Gasteiger charge is 2.17. The molecule has 0 bridgehead atoms. The zero-order valence-electron chi connectivity index (χ0n) is 14.8. The Kier molecular flexibility index (Phi) is 6.24. The van der Waals surface area contributed by atoms with Crippen molar-refractivity contribution in [3.05, 3.63) is 100 Å². The van der Waals surface area contributed by atoms with Crippen LogP contribution in [0.5, 0.6) is 0 Å². The van der Waals surface area contributed by atoms with Crippen LogP contribution in [0.3, 0.4) is 0 Å². The standard InChI is InChI=1S/C23H22BrNO/c1-2-17-8-10-19(11-9-17)23(26)16-22(18-12-14-20(24)15-13-18)25-21-6-4-3-5-7-21/h3-15,22,25H,2,16H2,1H3/t22-/m1/s1. The normalized spacial score (nSPS) is 11.8. The van der Waals surface area contributed by atoms with E-state index in [0.717, 1.165) is 27.7 Å². The van der Waals surface area contributed by atoms with Crippen LogP contribution in [-0.4, -0.2) is 5.78 Å². The monoisotopic (exact) mass is 407 g/mol. The van der Waals surface area contributed by atoms with E-state index in [2.05, 4.69) is 40.3 Å². The Hall–Kier alpha value is -2.39. The van der Waals surface area contributed by atoms with Crippen molar-refractivity contribution in [3.63, 3.8) is 0 Å². The van der Waals surface area contributed by atoms with Crippen molar-refractivity contribution in [2.75, 3.05) is 5.32 Å². The van der Waals surface area contributed by atoms with Crippen LogP contribution in [0.25, 0.3) is 0 Å². The van der Waals surface area contributed by atoms with Crippen LogP contribution in [0.2, 0.25) is 0 Å². The number of carbonyl (C=O) groups is 1. The summed E-state index contributed by atoms with van der Waals surface area (Å²) in [6.07, 6.45) is 1.38. The van der Waals surface area contributed by atoms with Gasteiger partial charge >= 0.3 is 0 Å². The zero-order chi connectivity index (χ0) is 18.4. The van der Waals surface area contributed by atoms with Crippen molar-refractivity contribution in [3.8, 4) is 0 Å². The van der Waals surface area contributed by atoms with Crippen molar-refractivity contribution < 1.29 is 4.79 Å². The molecule has 3 aromatic carbocycles. The molecule has 132 valence electrons. The Balaban J connectivity index is 1.82. The van der Waals surface area contributed by atoms with Gasteiger partial charge in [0.25, 0.3) is 0 Å². The van der Waals surface area contributed by atoms with Gasteiger partial charge in [0.05, 0.1) is 6.04 Å². The van der Waals surface area contributed by atoms with E-state index in [-0.39, 0.29) is 11.8 Å². The predicted octanol–water partition coefficient (Wildman–Crippen LogP) is 6.44. The van der Waals surface area contributed by atoms with Crippen LogP contribution < -0.4 is 5.32 Å². The van der Waals surface area contributed by atoms with Gasteiger partial charge in [-0.2, -0.15) is 0 Å². The maximum Gasteiger partial charge on any atom is 0.165 e. The Bertz CT molecular complexity index is 842. The maximum absolute atomic E-state index is 12.8. The lowest BCUT2D eigenvalue weighted by Crippen LogP contribution is -2.15. The molecule has 0 aromatic heterocycles. The molecule has 0 aliphatic carbocycles. The van der Waals surface area contributed by atoms with Gasteiger partial charge in [0.1, 0.15) is 0 Å². The number of nitrogens with one attached hydrogen (secondary N) is 1. The van der Waals surface area contributed by atoms with Gasteiger partial charge in [-0.15, -0.1) is 0 Å². The quantitative estimate of drug-likeness (QED) is 0.456. The molecule has 0 unspecified atom stereocenters. The first-order chi connectivity index (χ1) is 12.7. The molecule has 0 heterocycles. The molecule has 1 atom stereocenters. The van der Waals surface area contributed by atoms with Crippen molar-refractivity contribution >= 4 is 27.4 Å². The lowest BCUT2D eigenvalue weighted by atomic mass is 9.97. The van der Waals surface area contributed by atoms with E-state index >= 15 is 0 Å². The lowest BCUT2D eigenvalue weighted by Gasteiger charge is -2.20. The van der Waals surface area contributed by atoms with E-state index < -0.39 is 0 Å². The molecule has 0 saturated carbocycles. The van der Waals surface area contributed by atoms with Crippen molar-refractivity contribution in [2.24, 2.45) is 0 Å². The highest BCUT2D eigenvalue weighted by molar-refractivity contribution is 9.10. The van der Waals surface area contributed by atoms with Crippen LogP contribution in [0.4, 0.5) is 5.69 Å². The first kappa shape index (κ1) is 18.4. The summed E-state index contributed by atoms with van der Waals surface area (Å²) in [5.41, 5.74) is 4.11. The van der Waals surface area contributed by atoms with Crippen LogP contribution in [0.1, 0.15) is 40.9 Å². The first-order valence-electron chi connectivity index (χ1n) is 8.85. The molecular weight excluding hydrogens is 386 g/mol. The van der Waals surface area contributed by atoms with Crippen LogP contribution in [0.15, 0.2) is 83.3 Å². The van der Waals surface area contributed by atoms with Gasteiger partial charge in [-0.05, 0) is 41.8 Å². The van der Waals surface area contributed by atoms with E-state index in [1.165, 1.54) is 5.56 Å². The molecule has 3 heteroatoms. The number of benzene rings is 3. The average molecular weight is 408 g/mol. The molecule has 3 aromatic rings. The van der Waals surface area contributed by atoms with Crippen molar-refractivity contribution in [1.29, 1.82) is 0 Å². The highest BCUT2D eigenvalue weighted by Crippen LogP contribution is 2.26. The number of Topliss-reactive ketones (excluding diaryl/α,β-unsaturated/α-hetero) is 1. The summed E-state index contributed by atoms with van der Waals surface area (Å²) in [6, 6.07) is 26.0. The summed E-state index contributed by atoms with van der Waals surface area (Å²) in [7, 11) is 0. The number of ketones is 1. The Morgan fingerprint density at radius 1 is 0.923 bits per heavy atom. The second-order valence-corrected chi connectivity index (χ2v) is 7.21. The summed E-state index contributed by atoms with van der Waals surface area (Å²) >= 11 is 3.48. The molecule has 0 amide bonds. The van der Waals surface area contributed by atoms with E-state index in [9.17, 15) is 4.79 Å². The van der Waals surface area contributed by atoms with E-state index in [1.54, 1.807) is 0 Å². The fraction of sp³-hybridized carbons (Fsp3) is 0.174. The number of para-hydroxylation sites is 1. The number of hydrogen-bond acceptors (Lipinski definition) is 2. The summed E-state index contributed by atoms with van der Waals surface area (Å²) in [5, 5.41) is 3.50. The number of carbonyl (C=O) groups excluding carboxylic acids is 1. The molecule has 3 rings (SSSR count). The topological polar surface area (TPSA) is 29.1 Å². The zero-order valence-corrected chi connectivity index (χ0v) is 16.4. The number of halogens is 1. The van der Waals surface area contributed by atoms with Gasteiger partial charge in [0.15, 0.2) is 5.78 Å². The van der Waals surface area contributed by atoms with Gasteiger partial charge in [-0.3, -0.25) is 4.79 Å². The number of hydrogen-bond donors (Lipinski definition) is 1. The predicted molar refractivity (Wildman–Crippen MR) is 112 cm³/mol. The summed E-state index contributed by atoms with van der Waals surface area (Å²) < 4.78 is 1.03. The van der Waals surface area contributed by atoms with E-state index in [1.807, 2.05) is 66.7 Å². The maximum atomic E-state index is 12.8. The smallest absolute Gasteiger partial charge is 0.165 e. The lowest BCUT2D eigenvalue weighted by molar-refractivity contribution is 0.0976. The third-order valence-electron chi connectivity index (χ3n) is 4.46. The van der Waals surface area contributed by atoms with Crippen molar-refractivity contribution in [2.45, 2.75) is 25.8 Å². The number of rotatable bonds is 7. The summed E-state index contributed by atoms with van der Waals surface area (Å²) in [5.74, 6) is 0.143. The fourth-order valence-electron chi connectivity index (χ4n) is 2.91. The Morgan fingerprint density at radius 3 is 2.19 bits per heavy atom. The van der Waals surface area contributed by atoms with Crippen molar-refractivity contribution in [1.82, 2.24) is 0 Å². The average Bonchev–Trinajstić information content (AvgIpc) is 2.69. The number of aryl methyl sites for hydroxylation is 1. The largest absolute Gasteiger partial charge is 0.378 e. The van der Waals surface area contributed by atoms with Crippen LogP contribution in [0, 0.1) is 0 Å². The third kappa shape index (κ3) is 4.83. The molecule has 0 aliphatic rings.